The number of piperazine rings is 1. The molecule has 3 aromatic heterocycles. The Bertz CT molecular complexity index is 1540. The van der Waals surface area contributed by atoms with Gasteiger partial charge in [-0.25, -0.2) is 4.68 Å². The van der Waals surface area contributed by atoms with Crippen molar-refractivity contribution < 1.29 is 9.84 Å². The van der Waals surface area contributed by atoms with E-state index in [0.29, 0.717) is 29.9 Å². The Morgan fingerprint density at radius 3 is 2.63 bits per heavy atom. The molecule has 2 aliphatic heterocycles. The zero-order valence-corrected chi connectivity index (χ0v) is 22.4. The van der Waals surface area contributed by atoms with Gasteiger partial charge in [0.2, 0.25) is 5.75 Å². The lowest BCUT2D eigenvalue weighted by Gasteiger charge is -2.47. The number of nitrogens with zero attached hydrogens (tertiary/aromatic N) is 7. The average Bonchev–Trinajstić information content (AvgIpc) is 3.38. The van der Waals surface area contributed by atoms with Crippen LogP contribution in [0.1, 0.15) is 57.9 Å². The number of rotatable bonds is 4. The van der Waals surface area contributed by atoms with Crippen LogP contribution in [0.5, 0.6) is 5.75 Å². The average molecular weight is 518 g/mol. The molecule has 0 saturated carbocycles. The van der Waals surface area contributed by atoms with Crippen LogP contribution in [0, 0.1) is 0 Å². The summed E-state index contributed by atoms with van der Waals surface area (Å²) in [5, 5.41) is 16.0. The van der Waals surface area contributed by atoms with Crippen molar-refractivity contribution in [2.75, 3.05) is 24.6 Å². The van der Waals surface area contributed by atoms with E-state index in [1.807, 2.05) is 16.9 Å². The van der Waals surface area contributed by atoms with Gasteiger partial charge in [0.05, 0.1) is 22.7 Å². The van der Waals surface area contributed by atoms with Gasteiger partial charge >= 0.3 is 0 Å². The molecule has 2 aliphatic rings. The van der Waals surface area contributed by atoms with Crippen molar-refractivity contribution in [3.63, 3.8) is 0 Å². The van der Waals surface area contributed by atoms with Crippen LogP contribution in [0.15, 0.2) is 41.6 Å². The summed E-state index contributed by atoms with van der Waals surface area (Å²) in [4.78, 5) is 26.6. The second-order valence-electron chi connectivity index (χ2n) is 10.8. The quantitative estimate of drug-likeness (QED) is 0.437. The van der Waals surface area contributed by atoms with Crippen LogP contribution >= 0.6 is 0 Å². The van der Waals surface area contributed by atoms with E-state index in [0.717, 1.165) is 36.8 Å². The normalized spacial score (nSPS) is 23.8. The lowest BCUT2D eigenvalue weighted by molar-refractivity contribution is -0.0390. The standard InChI is InChI=1S/C28H35N7O3/c1-17-15-34(18(2)14-33(17)19(3)20-8-9-21-22(13-20)30-11-10-29-21)26-25-23(32(4)28(37)27(26)36)16-35(31-25)24-7-5-6-12-38-24/h8-11,13,16-19,24,36H,5-7,12,14-15H2,1-4H3/t17-,18+,19+,24?/m1/s1. The van der Waals surface area contributed by atoms with Gasteiger partial charge in [-0.15, -0.1) is 0 Å². The first-order valence-corrected chi connectivity index (χ1v) is 13.5. The second-order valence-corrected chi connectivity index (χ2v) is 10.8. The van der Waals surface area contributed by atoms with E-state index in [4.69, 9.17) is 9.84 Å². The molecule has 10 nitrogen and oxygen atoms in total. The number of benzene rings is 1. The third kappa shape index (κ3) is 4.12. The number of hydrogen-bond acceptors (Lipinski definition) is 8. The number of hydrogen-bond donors (Lipinski definition) is 1. The zero-order chi connectivity index (χ0) is 26.6. The van der Waals surface area contributed by atoms with E-state index < -0.39 is 5.56 Å². The molecular formula is C28H35N7O3. The Morgan fingerprint density at radius 1 is 1.08 bits per heavy atom. The van der Waals surface area contributed by atoms with Crippen molar-refractivity contribution in [3.05, 3.63) is 52.7 Å². The molecule has 0 amide bonds. The third-order valence-electron chi connectivity index (χ3n) is 8.28. The van der Waals surface area contributed by atoms with Gasteiger partial charge in [-0.2, -0.15) is 5.10 Å². The topological polar surface area (TPSA) is 102 Å². The van der Waals surface area contributed by atoms with Crippen molar-refractivity contribution in [1.29, 1.82) is 0 Å². The van der Waals surface area contributed by atoms with Crippen LogP contribution in [0.4, 0.5) is 5.69 Å². The number of pyridine rings is 1. The van der Waals surface area contributed by atoms with Crippen molar-refractivity contribution in [2.45, 2.75) is 64.4 Å². The Hall–Kier alpha value is -3.50. The summed E-state index contributed by atoms with van der Waals surface area (Å²) in [6, 6.07) is 6.65. The van der Waals surface area contributed by atoms with E-state index in [-0.39, 0.29) is 30.1 Å². The zero-order valence-electron chi connectivity index (χ0n) is 22.4. The van der Waals surface area contributed by atoms with Gasteiger partial charge in [0.25, 0.3) is 5.56 Å². The lowest BCUT2D eigenvalue weighted by Crippen LogP contribution is -2.57. The van der Waals surface area contributed by atoms with Crippen LogP contribution in [0.2, 0.25) is 0 Å². The molecule has 0 bridgehead atoms. The summed E-state index contributed by atoms with van der Waals surface area (Å²) in [5.41, 5.74) is 4.40. The van der Waals surface area contributed by atoms with Crippen molar-refractivity contribution in [1.82, 2.24) is 29.2 Å². The number of anilines is 1. The van der Waals surface area contributed by atoms with Crippen LogP contribution in [0.3, 0.4) is 0 Å². The SMILES string of the molecule is C[C@@H]1CN(c2c(O)c(=O)n(C)c3cn(C4CCCCO4)nc23)[C@@H](C)CN1[C@@H](C)c1ccc2nccnc2c1. The van der Waals surface area contributed by atoms with E-state index in [2.05, 4.69) is 52.7 Å². The van der Waals surface area contributed by atoms with E-state index >= 15 is 0 Å². The Morgan fingerprint density at radius 2 is 1.87 bits per heavy atom. The first-order chi connectivity index (χ1) is 18.3. The van der Waals surface area contributed by atoms with Crippen LogP contribution < -0.4 is 10.5 Å². The highest BCUT2D eigenvalue weighted by molar-refractivity contribution is 5.92. The number of ether oxygens (including phenoxy) is 1. The van der Waals surface area contributed by atoms with Gasteiger partial charge in [0, 0.05) is 57.3 Å². The van der Waals surface area contributed by atoms with Gasteiger partial charge in [-0.1, -0.05) is 6.07 Å². The van der Waals surface area contributed by atoms with E-state index in [9.17, 15) is 9.90 Å². The molecule has 6 rings (SSSR count). The lowest BCUT2D eigenvalue weighted by atomic mass is 9.99. The first-order valence-electron chi connectivity index (χ1n) is 13.5. The first kappa shape index (κ1) is 24.8. The molecule has 2 fully saturated rings. The second kappa shape index (κ2) is 9.67. The fourth-order valence-electron chi connectivity index (χ4n) is 6.07. The molecule has 0 radical (unpaired) electrons. The molecule has 5 heterocycles. The summed E-state index contributed by atoms with van der Waals surface area (Å²) < 4.78 is 9.25. The predicted octanol–water partition coefficient (Wildman–Crippen LogP) is 3.74. The maximum absolute atomic E-state index is 13.1. The molecule has 200 valence electrons. The molecular weight excluding hydrogens is 482 g/mol. The minimum atomic E-state index is -0.412. The molecule has 10 heteroatoms. The highest BCUT2D eigenvalue weighted by Crippen LogP contribution is 2.38. The molecule has 2 saturated heterocycles. The molecule has 0 aliphatic carbocycles. The van der Waals surface area contributed by atoms with E-state index in [1.54, 1.807) is 19.4 Å². The fourth-order valence-corrected chi connectivity index (χ4v) is 6.07. The summed E-state index contributed by atoms with van der Waals surface area (Å²) in [7, 11) is 1.68. The Kier molecular flexibility index (Phi) is 6.31. The summed E-state index contributed by atoms with van der Waals surface area (Å²) in [6.07, 6.45) is 8.17. The highest BCUT2D eigenvalue weighted by Gasteiger charge is 2.36. The third-order valence-corrected chi connectivity index (χ3v) is 8.28. The summed E-state index contributed by atoms with van der Waals surface area (Å²) >= 11 is 0. The fraction of sp³-hybridized carbons (Fsp3) is 0.500. The number of aromatic nitrogens is 5. The van der Waals surface area contributed by atoms with Crippen LogP contribution in [0.25, 0.3) is 22.1 Å². The molecule has 38 heavy (non-hydrogen) atoms. The van der Waals surface area contributed by atoms with Gasteiger partial charge < -0.3 is 19.3 Å². The highest BCUT2D eigenvalue weighted by atomic mass is 16.5. The molecule has 1 unspecified atom stereocenters. The molecule has 4 atom stereocenters. The van der Waals surface area contributed by atoms with Crippen molar-refractivity contribution in [3.8, 4) is 5.75 Å². The van der Waals surface area contributed by atoms with Gasteiger partial charge in [-0.05, 0) is 57.7 Å². The Labute approximate surface area is 221 Å². The van der Waals surface area contributed by atoms with Crippen LogP contribution in [-0.4, -0.2) is 66.1 Å². The number of aryl methyl sites for hydroxylation is 1. The smallest absolute Gasteiger partial charge is 0.295 e. The minimum Gasteiger partial charge on any atom is -0.502 e. The number of aromatic hydroxyl groups is 1. The van der Waals surface area contributed by atoms with Crippen molar-refractivity contribution in [2.24, 2.45) is 7.05 Å². The monoisotopic (exact) mass is 517 g/mol. The molecule has 1 N–H and O–H groups in total. The Balaban J connectivity index is 1.33. The van der Waals surface area contributed by atoms with Gasteiger partial charge in [0.1, 0.15) is 17.4 Å². The maximum Gasteiger partial charge on any atom is 0.295 e. The maximum atomic E-state index is 13.1. The molecule has 0 spiro atoms. The van der Waals surface area contributed by atoms with Gasteiger partial charge in [0.15, 0.2) is 0 Å². The summed E-state index contributed by atoms with van der Waals surface area (Å²) in [5.74, 6) is -0.247. The molecule has 4 aromatic rings. The summed E-state index contributed by atoms with van der Waals surface area (Å²) in [6.45, 7) is 8.68. The van der Waals surface area contributed by atoms with Crippen molar-refractivity contribution >= 4 is 27.8 Å². The largest absolute Gasteiger partial charge is 0.502 e. The van der Waals surface area contributed by atoms with Gasteiger partial charge in [-0.3, -0.25) is 19.7 Å². The predicted molar refractivity (Wildman–Crippen MR) is 146 cm³/mol. The minimum absolute atomic E-state index is 0.0474. The van der Waals surface area contributed by atoms with Crippen LogP contribution in [-0.2, 0) is 11.8 Å². The number of fused-ring (bicyclic) bond motifs is 2. The molecule has 1 aromatic carbocycles. The van der Waals surface area contributed by atoms with E-state index in [1.165, 1.54) is 10.1 Å².